The van der Waals surface area contributed by atoms with Gasteiger partial charge in [-0.15, -0.1) is 0 Å². The molecule has 7 nitrogen and oxygen atoms in total. The number of aromatic nitrogens is 2. The number of nitrogens with one attached hydrogen (secondary N) is 1. The number of fused-ring (bicyclic) bond motifs is 1. The fourth-order valence-corrected chi connectivity index (χ4v) is 5.57. The summed E-state index contributed by atoms with van der Waals surface area (Å²) in [7, 11) is 0. The van der Waals surface area contributed by atoms with Crippen LogP contribution < -0.4 is 15.1 Å². The molecular formula is C34H33N5O2. The van der Waals surface area contributed by atoms with Crippen molar-refractivity contribution in [1.29, 1.82) is 0 Å². The van der Waals surface area contributed by atoms with Crippen LogP contribution in [0.4, 0.5) is 17.2 Å². The van der Waals surface area contributed by atoms with E-state index in [2.05, 4.69) is 34.2 Å². The van der Waals surface area contributed by atoms with Crippen molar-refractivity contribution in [2.45, 2.75) is 20.8 Å². The molecule has 0 radical (unpaired) electrons. The van der Waals surface area contributed by atoms with E-state index in [0.29, 0.717) is 11.4 Å². The number of hydrogen-bond donors (Lipinski definition) is 1. The fraction of sp³-hybridized carbons (Fsp3) is 0.206. The summed E-state index contributed by atoms with van der Waals surface area (Å²) in [4.78, 5) is 36.2. The third kappa shape index (κ3) is 5.43. The third-order valence-corrected chi connectivity index (χ3v) is 7.60. The van der Waals surface area contributed by atoms with Crippen molar-refractivity contribution in [2.24, 2.45) is 0 Å². The zero-order valence-electron chi connectivity index (χ0n) is 23.6. The highest BCUT2D eigenvalue weighted by atomic mass is 16.2. The molecule has 3 aromatic heterocycles. The molecule has 7 heteroatoms. The topological polar surface area (TPSA) is 70.0 Å². The Morgan fingerprint density at radius 3 is 2.17 bits per heavy atom. The molecule has 2 aromatic carbocycles. The first-order valence-corrected chi connectivity index (χ1v) is 13.9. The Kier molecular flexibility index (Phi) is 7.01. The number of pyridine rings is 2. The normalized spacial score (nSPS) is 13.4. The van der Waals surface area contributed by atoms with Gasteiger partial charge in [-0.2, -0.15) is 0 Å². The number of anilines is 3. The van der Waals surface area contributed by atoms with Crippen molar-refractivity contribution < 1.29 is 9.59 Å². The average Bonchev–Trinajstić information content (AvgIpc) is 3.36. The number of carbonyl (C=O) groups is 2. The van der Waals surface area contributed by atoms with Crippen LogP contribution in [-0.4, -0.2) is 47.3 Å². The number of benzene rings is 2. The van der Waals surface area contributed by atoms with Gasteiger partial charge in [0.25, 0.3) is 11.7 Å². The number of carbonyl (C=O) groups excluding carboxylic acids is 2. The summed E-state index contributed by atoms with van der Waals surface area (Å²) in [5.41, 5.74) is 7.79. The van der Waals surface area contributed by atoms with Gasteiger partial charge in [0.1, 0.15) is 11.5 Å². The molecule has 206 valence electrons. The number of Topliss-reactive ketones (excluding diaryl/α,β-unsaturated/α-hetero) is 1. The molecular weight excluding hydrogens is 510 g/mol. The highest BCUT2D eigenvalue weighted by Gasteiger charge is 2.25. The Morgan fingerprint density at radius 1 is 0.756 bits per heavy atom. The minimum absolute atomic E-state index is 0.361. The molecule has 0 spiro atoms. The first kappa shape index (κ1) is 26.3. The SMILES string of the molecule is Cc1cc(C)nc(N2CCN(c3ccc(NC(=O)C(=O)c4c(-c5ccccc5)cc5ccc(C)cn45)cc3)CC2)c1. The molecule has 0 atom stereocenters. The predicted octanol–water partition coefficient (Wildman–Crippen LogP) is 6.07. The predicted molar refractivity (Wildman–Crippen MR) is 165 cm³/mol. The lowest BCUT2D eigenvalue weighted by Crippen LogP contribution is -2.46. The molecule has 0 bridgehead atoms. The number of rotatable bonds is 6. The summed E-state index contributed by atoms with van der Waals surface area (Å²) < 4.78 is 1.82. The highest BCUT2D eigenvalue weighted by Crippen LogP contribution is 2.29. The summed E-state index contributed by atoms with van der Waals surface area (Å²) in [6.45, 7) is 9.63. The molecule has 1 aliphatic heterocycles. The van der Waals surface area contributed by atoms with E-state index in [1.165, 1.54) is 5.56 Å². The van der Waals surface area contributed by atoms with Gasteiger partial charge in [0, 0.05) is 60.5 Å². The van der Waals surface area contributed by atoms with Crippen LogP contribution in [0.15, 0.2) is 91.1 Å². The molecule has 1 N–H and O–H groups in total. The van der Waals surface area contributed by atoms with Crippen LogP contribution in [0.1, 0.15) is 27.3 Å². The Morgan fingerprint density at radius 2 is 1.46 bits per heavy atom. The Hall–Kier alpha value is -4.91. The molecule has 41 heavy (non-hydrogen) atoms. The van der Waals surface area contributed by atoms with Gasteiger partial charge in [-0.25, -0.2) is 4.98 Å². The second-order valence-electron chi connectivity index (χ2n) is 10.7. The van der Waals surface area contributed by atoms with E-state index in [9.17, 15) is 9.59 Å². The summed E-state index contributed by atoms with van der Waals surface area (Å²) in [6, 6.07) is 27.6. The molecule has 6 rings (SSSR count). The number of amides is 1. The summed E-state index contributed by atoms with van der Waals surface area (Å²) in [5, 5.41) is 2.82. The van der Waals surface area contributed by atoms with Crippen molar-refractivity contribution in [2.75, 3.05) is 41.3 Å². The first-order valence-electron chi connectivity index (χ1n) is 13.9. The van der Waals surface area contributed by atoms with Gasteiger partial charge in [0.05, 0.1) is 0 Å². The zero-order chi connectivity index (χ0) is 28.5. The van der Waals surface area contributed by atoms with Crippen LogP contribution in [0.3, 0.4) is 0 Å². The standard InChI is InChI=1S/C34H33N5O2/c1-23-9-12-29-21-30(26-7-5-4-6-8-26)32(39(29)22-23)33(40)34(41)36-27-10-13-28(14-11-27)37-15-17-38(18-16-37)31-20-24(2)19-25(3)35-31/h4-14,19-22H,15-18H2,1-3H3,(H,36,41). The summed E-state index contributed by atoms with van der Waals surface area (Å²) in [5.74, 6) is -0.202. The highest BCUT2D eigenvalue weighted by molar-refractivity contribution is 6.47. The lowest BCUT2D eigenvalue weighted by molar-refractivity contribution is -0.112. The molecule has 1 fully saturated rings. The summed E-state index contributed by atoms with van der Waals surface area (Å²) in [6.07, 6.45) is 1.90. The van der Waals surface area contributed by atoms with Gasteiger partial charge in [-0.05, 0) is 86.0 Å². The van der Waals surface area contributed by atoms with E-state index < -0.39 is 11.7 Å². The van der Waals surface area contributed by atoms with Gasteiger partial charge in [0.15, 0.2) is 0 Å². The van der Waals surface area contributed by atoms with E-state index in [4.69, 9.17) is 4.98 Å². The van der Waals surface area contributed by atoms with Crippen LogP contribution in [-0.2, 0) is 4.79 Å². The average molecular weight is 544 g/mol. The lowest BCUT2D eigenvalue weighted by atomic mass is 10.0. The van der Waals surface area contributed by atoms with Crippen molar-refractivity contribution in [3.8, 4) is 11.1 Å². The van der Waals surface area contributed by atoms with Crippen molar-refractivity contribution >= 4 is 34.4 Å². The van der Waals surface area contributed by atoms with E-state index in [1.54, 1.807) is 0 Å². The van der Waals surface area contributed by atoms with E-state index in [-0.39, 0.29) is 0 Å². The fourth-order valence-electron chi connectivity index (χ4n) is 5.57. The Balaban J connectivity index is 1.16. The number of hydrogen-bond acceptors (Lipinski definition) is 5. The van der Waals surface area contributed by atoms with Crippen molar-refractivity contribution in [1.82, 2.24) is 9.38 Å². The quantitative estimate of drug-likeness (QED) is 0.208. The number of aryl methyl sites for hydroxylation is 3. The van der Waals surface area contributed by atoms with E-state index >= 15 is 0 Å². The van der Waals surface area contributed by atoms with Crippen LogP contribution in [0.5, 0.6) is 0 Å². The second kappa shape index (κ2) is 10.9. The third-order valence-electron chi connectivity index (χ3n) is 7.60. The molecule has 0 saturated carbocycles. The van der Waals surface area contributed by atoms with Crippen molar-refractivity contribution in [3.63, 3.8) is 0 Å². The van der Waals surface area contributed by atoms with Crippen molar-refractivity contribution in [3.05, 3.63) is 114 Å². The van der Waals surface area contributed by atoms with Gasteiger partial charge in [0.2, 0.25) is 0 Å². The second-order valence-corrected chi connectivity index (χ2v) is 10.7. The largest absolute Gasteiger partial charge is 0.368 e. The van der Waals surface area contributed by atoms with Crippen LogP contribution in [0.25, 0.3) is 16.6 Å². The zero-order valence-corrected chi connectivity index (χ0v) is 23.6. The smallest absolute Gasteiger partial charge is 0.298 e. The van der Waals surface area contributed by atoms with Gasteiger partial charge < -0.3 is 19.5 Å². The first-order chi connectivity index (χ1) is 19.9. The minimum atomic E-state index is -0.661. The minimum Gasteiger partial charge on any atom is -0.368 e. The van der Waals surface area contributed by atoms with E-state index in [0.717, 1.165) is 65.6 Å². The molecule has 5 aromatic rings. The maximum atomic E-state index is 13.6. The number of ketones is 1. The number of nitrogens with zero attached hydrogens (tertiary/aromatic N) is 4. The summed E-state index contributed by atoms with van der Waals surface area (Å²) >= 11 is 0. The molecule has 1 saturated heterocycles. The molecule has 1 amide bonds. The van der Waals surface area contributed by atoms with Crippen LogP contribution in [0.2, 0.25) is 0 Å². The van der Waals surface area contributed by atoms with Gasteiger partial charge in [-0.3, -0.25) is 9.59 Å². The van der Waals surface area contributed by atoms with Crippen LogP contribution >= 0.6 is 0 Å². The molecule has 1 aliphatic rings. The van der Waals surface area contributed by atoms with E-state index in [1.807, 2.05) is 97.2 Å². The van der Waals surface area contributed by atoms with Gasteiger partial charge >= 0.3 is 0 Å². The Labute approximate surface area is 240 Å². The monoisotopic (exact) mass is 543 g/mol. The lowest BCUT2D eigenvalue weighted by Gasteiger charge is -2.37. The molecule has 0 aliphatic carbocycles. The Bertz CT molecular complexity index is 1710. The maximum Gasteiger partial charge on any atom is 0.298 e. The number of piperazine rings is 1. The molecule has 4 heterocycles. The van der Waals surface area contributed by atoms with Gasteiger partial charge in [-0.1, -0.05) is 36.4 Å². The maximum absolute atomic E-state index is 13.6. The molecule has 0 unspecified atom stereocenters. The van der Waals surface area contributed by atoms with Crippen LogP contribution in [0, 0.1) is 20.8 Å².